The van der Waals surface area contributed by atoms with Crippen molar-refractivity contribution in [3.63, 3.8) is 0 Å². The lowest BCUT2D eigenvalue weighted by molar-refractivity contribution is -0.385. The molecular formula is C17H16N2O5S. The standard InChI is InChI=1S/C17H16N2O5S/c1-11(18-24-12(2)20)13-4-6-14(7-5-13)25-15-8-9-16(19(21)22)17(10-15)23-3/h4-10H,1-3H3. The van der Waals surface area contributed by atoms with E-state index in [0.29, 0.717) is 5.71 Å². The molecule has 0 atom stereocenters. The highest BCUT2D eigenvalue weighted by Gasteiger charge is 2.15. The summed E-state index contributed by atoms with van der Waals surface area (Å²) in [4.78, 5) is 27.6. The van der Waals surface area contributed by atoms with Crippen LogP contribution in [0.15, 0.2) is 57.4 Å². The molecule has 0 fully saturated rings. The molecule has 0 unspecified atom stereocenters. The largest absolute Gasteiger partial charge is 0.490 e. The topological polar surface area (TPSA) is 91.0 Å². The highest BCUT2D eigenvalue weighted by molar-refractivity contribution is 7.99. The smallest absolute Gasteiger partial charge is 0.331 e. The quantitative estimate of drug-likeness (QED) is 0.334. The van der Waals surface area contributed by atoms with Crippen LogP contribution in [0.2, 0.25) is 0 Å². The van der Waals surface area contributed by atoms with Gasteiger partial charge in [-0.25, -0.2) is 4.79 Å². The Hall–Kier alpha value is -2.87. The molecule has 7 nitrogen and oxygen atoms in total. The first-order valence-corrected chi connectivity index (χ1v) is 8.05. The minimum Gasteiger partial charge on any atom is -0.490 e. The third-order valence-corrected chi connectivity index (χ3v) is 4.16. The number of carbonyl (C=O) groups excluding carboxylic acids is 1. The summed E-state index contributed by atoms with van der Waals surface area (Å²) < 4.78 is 5.07. The zero-order valence-corrected chi connectivity index (χ0v) is 14.7. The number of hydrogen-bond acceptors (Lipinski definition) is 7. The molecule has 0 aromatic heterocycles. The predicted molar refractivity (Wildman–Crippen MR) is 94.2 cm³/mol. The Balaban J connectivity index is 2.15. The summed E-state index contributed by atoms with van der Waals surface area (Å²) in [5, 5.41) is 14.7. The Morgan fingerprint density at radius 2 is 1.76 bits per heavy atom. The SMILES string of the molecule is COc1cc(Sc2ccc(C(C)=NOC(C)=O)cc2)ccc1[N+](=O)[O-]. The van der Waals surface area contributed by atoms with Crippen molar-refractivity contribution in [3.8, 4) is 5.75 Å². The maximum absolute atomic E-state index is 10.9. The molecular weight excluding hydrogens is 344 g/mol. The van der Waals surface area contributed by atoms with E-state index in [-0.39, 0.29) is 11.4 Å². The van der Waals surface area contributed by atoms with Crippen molar-refractivity contribution in [3.05, 3.63) is 58.1 Å². The van der Waals surface area contributed by atoms with Crippen LogP contribution in [0.3, 0.4) is 0 Å². The van der Waals surface area contributed by atoms with Crippen molar-refractivity contribution in [2.75, 3.05) is 7.11 Å². The number of oxime groups is 1. The van der Waals surface area contributed by atoms with Gasteiger partial charge in [-0.2, -0.15) is 0 Å². The van der Waals surface area contributed by atoms with Crippen molar-refractivity contribution < 1.29 is 19.3 Å². The summed E-state index contributed by atoms with van der Waals surface area (Å²) in [6.45, 7) is 3.03. The summed E-state index contributed by atoms with van der Waals surface area (Å²) in [5.74, 6) is -0.255. The van der Waals surface area contributed by atoms with E-state index in [1.165, 1.54) is 31.9 Å². The van der Waals surface area contributed by atoms with Gasteiger partial charge in [-0.3, -0.25) is 10.1 Å². The Kier molecular flexibility index (Phi) is 6.13. The number of rotatable bonds is 6. The fourth-order valence-corrected chi connectivity index (χ4v) is 2.80. The second kappa shape index (κ2) is 8.29. The Morgan fingerprint density at radius 3 is 2.32 bits per heavy atom. The molecule has 0 saturated heterocycles. The summed E-state index contributed by atoms with van der Waals surface area (Å²) >= 11 is 1.45. The third-order valence-electron chi connectivity index (χ3n) is 3.17. The van der Waals surface area contributed by atoms with E-state index in [9.17, 15) is 14.9 Å². The summed E-state index contributed by atoms with van der Waals surface area (Å²) in [7, 11) is 1.40. The zero-order chi connectivity index (χ0) is 18.4. The third kappa shape index (κ3) is 5.05. The van der Waals surface area contributed by atoms with Crippen molar-refractivity contribution in [2.45, 2.75) is 23.6 Å². The lowest BCUT2D eigenvalue weighted by atomic mass is 10.1. The van der Waals surface area contributed by atoms with Gasteiger partial charge in [0.05, 0.1) is 17.7 Å². The normalized spacial score (nSPS) is 11.1. The molecule has 0 aliphatic heterocycles. The minimum atomic E-state index is -0.479. The summed E-state index contributed by atoms with van der Waals surface area (Å²) in [6, 6.07) is 12.2. The molecule has 2 rings (SSSR count). The first-order chi connectivity index (χ1) is 11.9. The molecule has 0 bridgehead atoms. The Morgan fingerprint density at radius 1 is 1.12 bits per heavy atom. The molecule has 0 aliphatic rings. The number of ether oxygens (including phenoxy) is 1. The van der Waals surface area contributed by atoms with Crippen molar-refractivity contribution in [2.24, 2.45) is 5.16 Å². The maximum Gasteiger partial charge on any atom is 0.331 e. The molecule has 130 valence electrons. The van der Waals surface area contributed by atoms with Gasteiger partial charge in [-0.1, -0.05) is 29.1 Å². The molecule has 2 aromatic rings. The highest BCUT2D eigenvalue weighted by Crippen LogP contribution is 2.35. The number of hydrogen-bond donors (Lipinski definition) is 0. The van der Waals surface area contributed by atoms with E-state index >= 15 is 0 Å². The minimum absolute atomic E-state index is 0.0699. The van der Waals surface area contributed by atoms with Crippen LogP contribution in [0.5, 0.6) is 5.75 Å². The average Bonchev–Trinajstić information content (AvgIpc) is 2.59. The maximum atomic E-state index is 10.9. The van der Waals surface area contributed by atoms with Crippen molar-refractivity contribution in [1.29, 1.82) is 0 Å². The van der Waals surface area contributed by atoms with Crippen LogP contribution >= 0.6 is 11.8 Å². The van der Waals surface area contributed by atoms with E-state index in [1.54, 1.807) is 19.1 Å². The van der Waals surface area contributed by atoms with E-state index < -0.39 is 10.9 Å². The van der Waals surface area contributed by atoms with Crippen LogP contribution in [0, 0.1) is 10.1 Å². The number of carbonyl (C=O) groups is 1. The molecule has 0 radical (unpaired) electrons. The number of nitrogens with zero attached hydrogens (tertiary/aromatic N) is 2. The number of methoxy groups -OCH3 is 1. The van der Waals surface area contributed by atoms with Gasteiger partial charge in [0.2, 0.25) is 0 Å². The van der Waals surface area contributed by atoms with Crippen LogP contribution in [-0.2, 0) is 9.63 Å². The van der Waals surface area contributed by atoms with Crippen LogP contribution in [0.25, 0.3) is 0 Å². The van der Waals surface area contributed by atoms with Gasteiger partial charge in [0, 0.05) is 28.8 Å². The molecule has 0 heterocycles. The second-order valence-corrected chi connectivity index (χ2v) is 6.12. The predicted octanol–water partition coefficient (Wildman–Crippen LogP) is 4.04. The second-order valence-electron chi connectivity index (χ2n) is 4.98. The number of benzene rings is 2. The van der Waals surface area contributed by atoms with E-state index in [4.69, 9.17) is 4.74 Å². The first-order valence-electron chi connectivity index (χ1n) is 7.23. The van der Waals surface area contributed by atoms with Gasteiger partial charge in [0.1, 0.15) is 0 Å². The van der Waals surface area contributed by atoms with E-state index in [1.807, 2.05) is 24.3 Å². The molecule has 0 saturated carbocycles. The number of nitro benzene ring substituents is 1. The average molecular weight is 360 g/mol. The van der Waals surface area contributed by atoms with Crippen LogP contribution < -0.4 is 4.74 Å². The fraction of sp³-hybridized carbons (Fsp3) is 0.176. The first kappa shape index (κ1) is 18.5. The zero-order valence-electron chi connectivity index (χ0n) is 13.9. The van der Waals surface area contributed by atoms with Gasteiger partial charge < -0.3 is 9.57 Å². The molecule has 25 heavy (non-hydrogen) atoms. The number of nitro groups is 1. The van der Waals surface area contributed by atoms with Gasteiger partial charge in [0.15, 0.2) is 5.75 Å². The van der Waals surface area contributed by atoms with Crippen LogP contribution in [0.4, 0.5) is 5.69 Å². The van der Waals surface area contributed by atoms with Crippen molar-refractivity contribution >= 4 is 29.1 Å². The fourth-order valence-electron chi connectivity index (χ4n) is 1.96. The van der Waals surface area contributed by atoms with E-state index in [2.05, 4.69) is 9.99 Å². The van der Waals surface area contributed by atoms with Crippen LogP contribution in [0.1, 0.15) is 19.4 Å². The Labute approximate surface area is 148 Å². The molecule has 0 spiro atoms. The van der Waals surface area contributed by atoms with Crippen LogP contribution in [-0.4, -0.2) is 23.7 Å². The molecule has 0 aliphatic carbocycles. The van der Waals surface area contributed by atoms with Crippen molar-refractivity contribution in [1.82, 2.24) is 0 Å². The monoisotopic (exact) mass is 360 g/mol. The lowest BCUT2D eigenvalue weighted by Crippen LogP contribution is -1.99. The summed E-state index contributed by atoms with van der Waals surface area (Å²) in [6.07, 6.45) is 0. The molecule has 0 amide bonds. The Bertz CT molecular complexity index is 818. The summed E-state index contributed by atoms with van der Waals surface area (Å²) in [5.41, 5.74) is 1.34. The molecule has 8 heteroatoms. The lowest BCUT2D eigenvalue weighted by Gasteiger charge is -2.06. The molecule has 2 aromatic carbocycles. The van der Waals surface area contributed by atoms with Gasteiger partial charge in [0.25, 0.3) is 0 Å². The van der Waals surface area contributed by atoms with E-state index in [0.717, 1.165) is 15.4 Å². The highest BCUT2D eigenvalue weighted by atomic mass is 32.2. The van der Waals surface area contributed by atoms with Gasteiger partial charge in [-0.15, -0.1) is 0 Å². The molecule has 0 N–H and O–H groups in total. The van der Waals surface area contributed by atoms with Gasteiger partial charge >= 0.3 is 11.7 Å². The van der Waals surface area contributed by atoms with Gasteiger partial charge in [-0.05, 0) is 30.7 Å².